The molecule has 2 N–H and O–H groups in total. The minimum atomic E-state index is -3.87. The number of furan rings is 1. The molecular formula is C22H27Cl2N3O6S. The minimum absolute atomic E-state index is 0.0370. The Hall–Kier alpha value is -2.11. The third kappa shape index (κ3) is 6.73. The molecule has 1 aliphatic rings. The molecule has 0 aliphatic carbocycles. The molecule has 0 spiro atoms. The van der Waals surface area contributed by atoms with E-state index in [1.54, 1.807) is 6.07 Å². The van der Waals surface area contributed by atoms with Crippen molar-refractivity contribution in [3.8, 4) is 0 Å². The molecule has 1 aromatic carbocycles. The summed E-state index contributed by atoms with van der Waals surface area (Å²) >= 11 is 12.0. The molecule has 9 nitrogen and oxygen atoms in total. The smallest absolute Gasteiger partial charge is 0.287 e. The number of hydrogen-bond donors (Lipinski definition) is 2. The van der Waals surface area contributed by atoms with E-state index in [4.69, 9.17) is 32.4 Å². The van der Waals surface area contributed by atoms with Crippen LogP contribution < -0.4 is 10.6 Å². The second kappa shape index (κ2) is 12.0. The summed E-state index contributed by atoms with van der Waals surface area (Å²) < 4.78 is 38.1. The lowest BCUT2D eigenvalue weighted by atomic mass is 10.1. The lowest BCUT2D eigenvalue weighted by molar-refractivity contribution is -0.124. The van der Waals surface area contributed by atoms with Gasteiger partial charge in [0.25, 0.3) is 5.91 Å². The van der Waals surface area contributed by atoms with E-state index in [0.29, 0.717) is 11.4 Å². The van der Waals surface area contributed by atoms with Crippen LogP contribution in [0.5, 0.6) is 0 Å². The molecule has 2 aromatic rings. The number of benzene rings is 1. The maximum atomic E-state index is 13.1. The van der Waals surface area contributed by atoms with Crippen molar-refractivity contribution in [2.75, 3.05) is 26.2 Å². The molecule has 2 atom stereocenters. The summed E-state index contributed by atoms with van der Waals surface area (Å²) in [5.41, 5.74) is 0. The van der Waals surface area contributed by atoms with Crippen LogP contribution in [0.3, 0.4) is 0 Å². The van der Waals surface area contributed by atoms with Gasteiger partial charge in [0.05, 0.1) is 24.0 Å². The van der Waals surface area contributed by atoms with Crippen molar-refractivity contribution in [3.05, 3.63) is 52.4 Å². The zero-order chi connectivity index (χ0) is 24.7. The van der Waals surface area contributed by atoms with Gasteiger partial charge in [-0.3, -0.25) is 9.59 Å². The van der Waals surface area contributed by atoms with Crippen molar-refractivity contribution in [2.24, 2.45) is 0 Å². The van der Waals surface area contributed by atoms with Crippen LogP contribution in [0.1, 0.15) is 36.7 Å². The van der Waals surface area contributed by atoms with Crippen LogP contribution in [0, 0.1) is 0 Å². The normalized spacial score (nSPS) is 17.8. The van der Waals surface area contributed by atoms with E-state index in [1.807, 2.05) is 6.92 Å². The Morgan fingerprint density at radius 3 is 2.74 bits per heavy atom. The molecule has 34 heavy (non-hydrogen) atoms. The highest BCUT2D eigenvalue weighted by atomic mass is 35.5. The van der Waals surface area contributed by atoms with Gasteiger partial charge in [-0.05, 0) is 36.8 Å². The van der Waals surface area contributed by atoms with Crippen molar-refractivity contribution >= 4 is 45.0 Å². The fourth-order valence-electron chi connectivity index (χ4n) is 3.51. The molecule has 186 valence electrons. The van der Waals surface area contributed by atoms with Crippen LogP contribution in [-0.2, 0) is 19.6 Å². The van der Waals surface area contributed by atoms with Crippen molar-refractivity contribution in [1.29, 1.82) is 0 Å². The quantitative estimate of drug-likeness (QED) is 0.486. The first kappa shape index (κ1) is 26.5. The Morgan fingerprint density at radius 1 is 1.26 bits per heavy atom. The number of halogens is 2. The van der Waals surface area contributed by atoms with Crippen LogP contribution in [0.4, 0.5) is 0 Å². The second-order valence-electron chi connectivity index (χ2n) is 7.82. The monoisotopic (exact) mass is 531 g/mol. The molecule has 1 saturated heterocycles. The van der Waals surface area contributed by atoms with Gasteiger partial charge in [-0.15, -0.1) is 0 Å². The number of carbonyl (C=O) groups excluding carboxylic acids is 2. The first-order valence-electron chi connectivity index (χ1n) is 10.9. The van der Waals surface area contributed by atoms with E-state index in [1.165, 1.54) is 34.8 Å². The van der Waals surface area contributed by atoms with Crippen molar-refractivity contribution in [2.45, 2.75) is 43.2 Å². The minimum Gasteiger partial charge on any atom is -0.459 e. The molecule has 1 fully saturated rings. The number of hydrogen-bond acceptors (Lipinski definition) is 6. The average Bonchev–Trinajstić information content (AvgIpc) is 3.35. The molecule has 0 radical (unpaired) electrons. The summed E-state index contributed by atoms with van der Waals surface area (Å²) in [6.45, 7) is 2.43. The largest absolute Gasteiger partial charge is 0.459 e. The third-order valence-electron chi connectivity index (χ3n) is 5.33. The maximum Gasteiger partial charge on any atom is 0.287 e. The molecule has 3 rings (SSSR count). The summed E-state index contributed by atoms with van der Waals surface area (Å²) in [5, 5.41) is 5.83. The van der Waals surface area contributed by atoms with Gasteiger partial charge in [0, 0.05) is 24.7 Å². The first-order valence-corrected chi connectivity index (χ1v) is 13.1. The van der Waals surface area contributed by atoms with Gasteiger partial charge in [-0.25, -0.2) is 8.42 Å². The number of morpholine rings is 1. The van der Waals surface area contributed by atoms with Crippen LogP contribution in [0.2, 0.25) is 10.0 Å². The van der Waals surface area contributed by atoms with E-state index in [2.05, 4.69) is 10.6 Å². The van der Waals surface area contributed by atoms with Crippen LogP contribution in [0.15, 0.2) is 45.9 Å². The van der Waals surface area contributed by atoms with E-state index in [-0.39, 0.29) is 47.8 Å². The summed E-state index contributed by atoms with van der Waals surface area (Å²) in [5.74, 6) is -0.739. The Labute approximate surface area is 208 Å². The van der Waals surface area contributed by atoms with E-state index in [9.17, 15) is 18.0 Å². The predicted molar refractivity (Wildman–Crippen MR) is 127 cm³/mol. The van der Waals surface area contributed by atoms with Crippen LogP contribution >= 0.6 is 23.2 Å². The number of rotatable bonds is 10. The SMILES string of the molecule is CCCC[C@H](NC(=O)c1ccco1)C(=O)NCC1CN(S(=O)(=O)c2ccc(Cl)cc2Cl)CCO1. The fraction of sp³-hybridized carbons (Fsp3) is 0.455. The lowest BCUT2D eigenvalue weighted by Crippen LogP contribution is -2.52. The van der Waals surface area contributed by atoms with Gasteiger partial charge in [0.2, 0.25) is 15.9 Å². The first-order chi connectivity index (χ1) is 16.2. The number of ether oxygens (including phenoxy) is 1. The van der Waals surface area contributed by atoms with E-state index in [0.717, 1.165) is 12.8 Å². The molecule has 12 heteroatoms. The standard InChI is InChI=1S/C22H27Cl2N3O6S/c1-2-3-5-18(26-22(29)19-6-4-10-33-19)21(28)25-13-16-14-27(9-11-32-16)34(30,31)20-8-7-15(23)12-17(20)24/h4,6-8,10,12,16,18H,2-3,5,9,11,13-14H2,1H3,(H,25,28)(H,26,29)/t16?,18-/m0/s1. The van der Waals surface area contributed by atoms with Crippen molar-refractivity contribution in [3.63, 3.8) is 0 Å². The Bertz CT molecular complexity index is 1090. The zero-order valence-electron chi connectivity index (χ0n) is 18.6. The Kier molecular flexibility index (Phi) is 9.38. The second-order valence-corrected chi connectivity index (χ2v) is 10.6. The number of unbranched alkanes of at least 4 members (excludes halogenated alkanes) is 1. The Balaban J connectivity index is 1.60. The van der Waals surface area contributed by atoms with Crippen LogP contribution in [0.25, 0.3) is 0 Å². The molecule has 1 aliphatic heterocycles. The van der Waals surface area contributed by atoms with Gasteiger partial charge in [-0.1, -0.05) is 43.0 Å². The highest BCUT2D eigenvalue weighted by Gasteiger charge is 2.33. The number of amides is 2. The highest BCUT2D eigenvalue weighted by Crippen LogP contribution is 2.28. The molecule has 0 bridgehead atoms. The average molecular weight is 532 g/mol. The summed E-state index contributed by atoms with van der Waals surface area (Å²) in [4.78, 5) is 25.1. The van der Waals surface area contributed by atoms with Gasteiger partial charge in [-0.2, -0.15) is 4.31 Å². The van der Waals surface area contributed by atoms with Gasteiger partial charge in [0.1, 0.15) is 10.9 Å². The third-order valence-corrected chi connectivity index (χ3v) is 7.91. The zero-order valence-corrected chi connectivity index (χ0v) is 21.0. The molecule has 2 heterocycles. The van der Waals surface area contributed by atoms with Crippen molar-refractivity contribution in [1.82, 2.24) is 14.9 Å². The number of sulfonamides is 1. The molecule has 0 saturated carbocycles. The lowest BCUT2D eigenvalue weighted by Gasteiger charge is -2.32. The predicted octanol–water partition coefficient (Wildman–Crippen LogP) is 3.08. The Morgan fingerprint density at radius 2 is 2.06 bits per heavy atom. The van der Waals surface area contributed by atoms with Gasteiger partial charge in [0.15, 0.2) is 5.76 Å². The summed E-state index contributed by atoms with van der Waals surface area (Å²) in [6.07, 6.45) is 2.87. The summed E-state index contributed by atoms with van der Waals surface area (Å²) in [6, 6.07) is 6.56. The topological polar surface area (TPSA) is 118 Å². The number of nitrogens with zero attached hydrogens (tertiary/aromatic N) is 1. The fourth-order valence-corrected chi connectivity index (χ4v) is 5.71. The van der Waals surface area contributed by atoms with E-state index >= 15 is 0 Å². The molecule has 1 unspecified atom stereocenters. The number of carbonyl (C=O) groups is 2. The van der Waals surface area contributed by atoms with Gasteiger partial charge < -0.3 is 19.8 Å². The maximum absolute atomic E-state index is 13.1. The van der Waals surface area contributed by atoms with Gasteiger partial charge >= 0.3 is 0 Å². The van der Waals surface area contributed by atoms with E-state index < -0.39 is 28.1 Å². The molecular weight excluding hydrogens is 505 g/mol. The molecule has 1 aromatic heterocycles. The van der Waals surface area contributed by atoms with Crippen LogP contribution in [-0.4, -0.2) is 62.9 Å². The molecule has 2 amide bonds. The van der Waals surface area contributed by atoms with Crippen molar-refractivity contribution < 1.29 is 27.2 Å². The summed E-state index contributed by atoms with van der Waals surface area (Å²) in [7, 11) is -3.87. The highest BCUT2D eigenvalue weighted by molar-refractivity contribution is 7.89. The number of nitrogens with one attached hydrogen (secondary N) is 2.